The van der Waals surface area contributed by atoms with Crippen LogP contribution in [-0.2, 0) is 13.0 Å². The minimum Gasteiger partial charge on any atom is -0.493 e. The van der Waals surface area contributed by atoms with Crippen molar-refractivity contribution in [1.82, 2.24) is 9.97 Å². The molecule has 6 heteroatoms. The summed E-state index contributed by atoms with van der Waals surface area (Å²) in [5, 5.41) is 3.26. The summed E-state index contributed by atoms with van der Waals surface area (Å²) in [6, 6.07) is 6.08. The lowest BCUT2D eigenvalue weighted by atomic mass is 10.1. The van der Waals surface area contributed by atoms with Crippen molar-refractivity contribution in [3.05, 3.63) is 40.0 Å². The van der Waals surface area contributed by atoms with Gasteiger partial charge in [-0.1, -0.05) is 15.9 Å². The fraction of sp³-hybridized carbons (Fsp3) is 0.333. The molecule has 0 saturated heterocycles. The van der Waals surface area contributed by atoms with Crippen molar-refractivity contribution in [2.75, 3.05) is 30.9 Å². The van der Waals surface area contributed by atoms with Crippen LogP contribution in [0.5, 0.6) is 5.75 Å². The fourth-order valence-corrected chi connectivity index (χ4v) is 2.89. The van der Waals surface area contributed by atoms with E-state index in [2.05, 4.69) is 43.3 Å². The van der Waals surface area contributed by atoms with Crippen LogP contribution in [0.1, 0.15) is 11.1 Å². The standard InChI is InChI=1S/C15H17BrN4O/c1-20(2)13-3-5-17-15(19-13)18-9-11-8-12(16)7-10-4-6-21-14(10)11/h3,5,7-8H,4,6,9H2,1-2H3,(H,17,18,19). The van der Waals surface area contributed by atoms with Gasteiger partial charge in [0.1, 0.15) is 11.6 Å². The summed E-state index contributed by atoms with van der Waals surface area (Å²) in [5.41, 5.74) is 2.37. The Balaban J connectivity index is 1.78. The Kier molecular flexibility index (Phi) is 3.96. The van der Waals surface area contributed by atoms with Crippen LogP contribution in [0.25, 0.3) is 0 Å². The Labute approximate surface area is 132 Å². The van der Waals surface area contributed by atoms with Gasteiger partial charge in [-0.3, -0.25) is 0 Å². The SMILES string of the molecule is CN(C)c1ccnc(NCc2cc(Br)cc3c2OCC3)n1. The van der Waals surface area contributed by atoms with E-state index in [1.54, 1.807) is 6.20 Å². The quantitative estimate of drug-likeness (QED) is 0.920. The summed E-state index contributed by atoms with van der Waals surface area (Å²) in [4.78, 5) is 10.7. The smallest absolute Gasteiger partial charge is 0.224 e. The van der Waals surface area contributed by atoms with Gasteiger partial charge in [-0.2, -0.15) is 4.98 Å². The highest BCUT2D eigenvalue weighted by atomic mass is 79.9. The normalized spacial score (nSPS) is 12.7. The maximum atomic E-state index is 5.73. The Hall–Kier alpha value is -1.82. The molecule has 0 aliphatic carbocycles. The second-order valence-electron chi connectivity index (χ2n) is 5.14. The van der Waals surface area contributed by atoms with Gasteiger partial charge >= 0.3 is 0 Å². The lowest BCUT2D eigenvalue weighted by Gasteiger charge is -2.13. The number of hydrogen-bond acceptors (Lipinski definition) is 5. The van der Waals surface area contributed by atoms with Gasteiger partial charge in [-0.25, -0.2) is 4.98 Å². The van der Waals surface area contributed by atoms with Gasteiger partial charge in [0.2, 0.25) is 5.95 Å². The first kappa shape index (κ1) is 14.1. The first-order valence-corrected chi connectivity index (χ1v) is 7.61. The Morgan fingerprint density at radius 3 is 3.05 bits per heavy atom. The number of aromatic nitrogens is 2. The minimum atomic E-state index is 0.618. The molecule has 0 spiro atoms. The van der Waals surface area contributed by atoms with E-state index < -0.39 is 0 Å². The highest BCUT2D eigenvalue weighted by Gasteiger charge is 2.17. The van der Waals surface area contributed by atoms with Crippen LogP contribution in [0, 0.1) is 0 Å². The third-order valence-electron chi connectivity index (χ3n) is 3.36. The summed E-state index contributed by atoms with van der Waals surface area (Å²) in [5.74, 6) is 2.49. The van der Waals surface area contributed by atoms with E-state index in [1.165, 1.54) is 5.56 Å². The van der Waals surface area contributed by atoms with Crippen LogP contribution >= 0.6 is 15.9 Å². The third-order valence-corrected chi connectivity index (χ3v) is 3.82. The van der Waals surface area contributed by atoms with Gasteiger partial charge < -0.3 is 15.0 Å². The van der Waals surface area contributed by atoms with Crippen molar-refractivity contribution < 1.29 is 4.74 Å². The molecule has 1 N–H and O–H groups in total. The molecule has 0 amide bonds. The van der Waals surface area contributed by atoms with Crippen molar-refractivity contribution >= 4 is 27.7 Å². The summed E-state index contributed by atoms with van der Waals surface area (Å²) in [6.07, 6.45) is 2.72. The topological polar surface area (TPSA) is 50.3 Å². The summed E-state index contributed by atoms with van der Waals surface area (Å²) in [6.45, 7) is 1.39. The van der Waals surface area contributed by atoms with Crippen LogP contribution in [0.15, 0.2) is 28.9 Å². The molecule has 110 valence electrons. The molecule has 1 aromatic heterocycles. The molecule has 1 aliphatic rings. The van der Waals surface area contributed by atoms with E-state index in [0.717, 1.165) is 34.6 Å². The Morgan fingerprint density at radius 2 is 2.24 bits per heavy atom. The molecule has 0 saturated carbocycles. The number of nitrogens with one attached hydrogen (secondary N) is 1. The van der Waals surface area contributed by atoms with Crippen molar-refractivity contribution in [2.45, 2.75) is 13.0 Å². The number of fused-ring (bicyclic) bond motifs is 1. The average molecular weight is 349 g/mol. The summed E-state index contributed by atoms with van der Waals surface area (Å²) < 4.78 is 6.80. The summed E-state index contributed by atoms with van der Waals surface area (Å²) >= 11 is 3.55. The van der Waals surface area contributed by atoms with Crippen molar-refractivity contribution in [2.24, 2.45) is 0 Å². The Morgan fingerprint density at radius 1 is 1.38 bits per heavy atom. The number of ether oxygens (including phenoxy) is 1. The molecule has 0 fully saturated rings. The highest BCUT2D eigenvalue weighted by molar-refractivity contribution is 9.10. The molecule has 2 aromatic rings. The number of hydrogen-bond donors (Lipinski definition) is 1. The van der Waals surface area contributed by atoms with E-state index in [0.29, 0.717) is 12.5 Å². The molecule has 2 heterocycles. The van der Waals surface area contributed by atoms with E-state index in [1.807, 2.05) is 25.1 Å². The number of nitrogens with zero attached hydrogens (tertiary/aromatic N) is 3. The fourth-order valence-electron chi connectivity index (χ4n) is 2.34. The lowest BCUT2D eigenvalue weighted by Crippen LogP contribution is -2.12. The van der Waals surface area contributed by atoms with Gasteiger partial charge in [0.25, 0.3) is 0 Å². The van der Waals surface area contributed by atoms with Crippen molar-refractivity contribution in [1.29, 1.82) is 0 Å². The van der Waals surface area contributed by atoms with Gasteiger partial charge in [-0.15, -0.1) is 0 Å². The van der Waals surface area contributed by atoms with Gasteiger partial charge in [0, 0.05) is 43.3 Å². The second-order valence-corrected chi connectivity index (χ2v) is 6.05. The van der Waals surface area contributed by atoms with Crippen molar-refractivity contribution in [3.63, 3.8) is 0 Å². The minimum absolute atomic E-state index is 0.618. The molecule has 1 aromatic carbocycles. The zero-order valence-corrected chi connectivity index (χ0v) is 13.6. The van der Waals surface area contributed by atoms with E-state index >= 15 is 0 Å². The molecule has 1 aliphatic heterocycles. The van der Waals surface area contributed by atoms with E-state index in [9.17, 15) is 0 Å². The van der Waals surface area contributed by atoms with Crippen LogP contribution in [0.2, 0.25) is 0 Å². The molecule has 0 radical (unpaired) electrons. The lowest BCUT2D eigenvalue weighted by molar-refractivity contribution is 0.354. The molecule has 0 bridgehead atoms. The molecule has 21 heavy (non-hydrogen) atoms. The predicted octanol–water partition coefficient (Wildman–Crippen LogP) is 2.85. The summed E-state index contributed by atoms with van der Waals surface area (Å²) in [7, 11) is 3.92. The van der Waals surface area contributed by atoms with Crippen LogP contribution < -0.4 is 15.0 Å². The maximum Gasteiger partial charge on any atom is 0.224 e. The number of halogens is 1. The molecule has 5 nitrogen and oxygen atoms in total. The molecule has 0 unspecified atom stereocenters. The van der Waals surface area contributed by atoms with E-state index in [-0.39, 0.29) is 0 Å². The first-order chi connectivity index (χ1) is 10.1. The maximum absolute atomic E-state index is 5.73. The van der Waals surface area contributed by atoms with Gasteiger partial charge in [0.05, 0.1) is 6.61 Å². The predicted molar refractivity (Wildman–Crippen MR) is 87.0 cm³/mol. The Bertz CT molecular complexity index is 660. The average Bonchev–Trinajstić information content (AvgIpc) is 2.93. The number of benzene rings is 1. The first-order valence-electron chi connectivity index (χ1n) is 6.82. The van der Waals surface area contributed by atoms with Crippen molar-refractivity contribution in [3.8, 4) is 5.75 Å². The second kappa shape index (κ2) is 5.89. The van der Waals surface area contributed by atoms with Gasteiger partial charge in [0.15, 0.2) is 0 Å². The van der Waals surface area contributed by atoms with Crippen LogP contribution in [-0.4, -0.2) is 30.7 Å². The monoisotopic (exact) mass is 348 g/mol. The third kappa shape index (κ3) is 3.10. The van der Waals surface area contributed by atoms with Crippen LogP contribution in [0.3, 0.4) is 0 Å². The zero-order chi connectivity index (χ0) is 14.8. The number of rotatable bonds is 4. The van der Waals surface area contributed by atoms with Crippen LogP contribution in [0.4, 0.5) is 11.8 Å². The number of anilines is 2. The molecule has 3 rings (SSSR count). The molecular formula is C15H17BrN4O. The van der Waals surface area contributed by atoms with E-state index in [4.69, 9.17) is 4.74 Å². The molecular weight excluding hydrogens is 332 g/mol. The molecule has 0 atom stereocenters. The van der Waals surface area contributed by atoms with Gasteiger partial charge in [-0.05, 0) is 23.8 Å². The highest BCUT2D eigenvalue weighted by Crippen LogP contribution is 2.33. The largest absolute Gasteiger partial charge is 0.493 e. The zero-order valence-electron chi connectivity index (χ0n) is 12.1.